The molecule has 0 aliphatic carbocycles. The lowest BCUT2D eigenvalue weighted by atomic mass is 9.97. The summed E-state index contributed by atoms with van der Waals surface area (Å²) in [5.74, 6) is 1.52. The SMILES string of the molecule is O=C(NCc1ccc(-n2cncn2)nc1)[C@@H]1CCCN(c2cnccn2)C1. The number of pyridine rings is 1. The molecule has 1 amide bonds. The lowest BCUT2D eigenvalue weighted by Crippen LogP contribution is -2.43. The predicted molar refractivity (Wildman–Crippen MR) is 98.0 cm³/mol. The summed E-state index contributed by atoms with van der Waals surface area (Å²) in [5, 5.41) is 7.06. The topological polar surface area (TPSA) is 102 Å². The van der Waals surface area contributed by atoms with Crippen molar-refractivity contribution in [3.63, 3.8) is 0 Å². The Morgan fingerprint density at radius 3 is 2.85 bits per heavy atom. The number of piperidine rings is 1. The lowest BCUT2D eigenvalue weighted by molar-refractivity contribution is -0.125. The maximum Gasteiger partial charge on any atom is 0.225 e. The molecule has 1 atom stereocenters. The van der Waals surface area contributed by atoms with E-state index in [1.54, 1.807) is 35.8 Å². The van der Waals surface area contributed by atoms with Crippen LogP contribution in [0.3, 0.4) is 0 Å². The molecule has 0 radical (unpaired) electrons. The first-order valence-corrected chi connectivity index (χ1v) is 8.88. The summed E-state index contributed by atoms with van der Waals surface area (Å²) in [6.07, 6.45) is 11.7. The fraction of sp³-hybridized carbons (Fsp3) is 0.333. The van der Waals surface area contributed by atoms with Gasteiger partial charge in [0, 0.05) is 38.2 Å². The van der Waals surface area contributed by atoms with Gasteiger partial charge in [-0.3, -0.25) is 9.78 Å². The van der Waals surface area contributed by atoms with Crippen LogP contribution in [0.4, 0.5) is 5.82 Å². The van der Waals surface area contributed by atoms with Crippen LogP contribution in [0.15, 0.2) is 49.6 Å². The Hall–Kier alpha value is -3.36. The van der Waals surface area contributed by atoms with Gasteiger partial charge in [-0.05, 0) is 24.5 Å². The van der Waals surface area contributed by atoms with Gasteiger partial charge in [-0.1, -0.05) is 6.07 Å². The molecule has 1 aliphatic heterocycles. The maximum absolute atomic E-state index is 12.6. The van der Waals surface area contributed by atoms with Crippen molar-refractivity contribution in [3.8, 4) is 5.82 Å². The van der Waals surface area contributed by atoms with E-state index in [-0.39, 0.29) is 11.8 Å². The number of carbonyl (C=O) groups is 1. The number of anilines is 1. The van der Waals surface area contributed by atoms with Gasteiger partial charge >= 0.3 is 0 Å². The standard InChI is InChI=1S/C18H20N8O/c27-18(15-2-1-7-25(11-15)17-10-19-5-6-21-17)23-9-14-3-4-16(22-8-14)26-13-20-12-24-26/h3-6,8,10,12-13,15H,1-2,7,9,11H2,(H,23,27)/t15-/m1/s1. The molecule has 0 aromatic carbocycles. The Labute approximate surface area is 156 Å². The number of amides is 1. The van der Waals surface area contributed by atoms with Crippen molar-refractivity contribution < 1.29 is 4.79 Å². The fourth-order valence-electron chi connectivity index (χ4n) is 3.17. The molecular formula is C18H20N8O. The van der Waals surface area contributed by atoms with E-state index in [2.05, 4.69) is 35.3 Å². The van der Waals surface area contributed by atoms with Crippen LogP contribution in [0.1, 0.15) is 18.4 Å². The summed E-state index contributed by atoms with van der Waals surface area (Å²) in [6, 6.07) is 3.78. The fourth-order valence-corrected chi connectivity index (χ4v) is 3.17. The quantitative estimate of drug-likeness (QED) is 0.720. The first-order valence-electron chi connectivity index (χ1n) is 8.88. The van der Waals surface area contributed by atoms with Crippen LogP contribution in [0, 0.1) is 5.92 Å². The molecule has 4 rings (SSSR count). The zero-order chi connectivity index (χ0) is 18.5. The highest BCUT2D eigenvalue weighted by Crippen LogP contribution is 2.21. The summed E-state index contributed by atoms with van der Waals surface area (Å²) in [4.78, 5) is 31.4. The number of aromatic nitrogens is 6. The van der Waals surface area contributed by atoms with E-state index < -0.39 is 0 Å². The Bertz CT molecular complexity index is 866. The molecule has 0 saturated carbocycles. The van der Waals surface area contributed by atoms with Crippen molar-refractivity contribution in [1.29, 1.82) is 0 Å². The van der Waals surface area contributed by atoms with Crippen LogP contribution < -0.4 is 10.2 Å². The molecular weight excluding hydrogens is 344 g/mol. The highest BCUT2D eigenvalue weighted by molar-refractivity contribution is 5.79. The van der Waals surface area contributed by atoms with Gasteiger partial charge in [-0.25, -0.2) is 19.6 Å². The van der Waals surface area contributed by atoms with E-state index in [0.29, 0.717) is 18.9 Å². The van der Waals surface area contributed by atoms with E-state index in [4.69, 9.17) is 0 Å². The van der Waals surface area contributed by atoms with Gasteiger partial charge in [0.2, 0.25) is 5.91 Å². The van der Waals surface area contributed by atoms with Crippen molar-refractivity contribution in [2.24, 2.45) is 5.92 Å². The summed E-state index contributed by atoms with van der Waals surface area (Å²) in [5.41, 5.74) is 0.939. The number of nitrogens with one attached hydrogen (secondary N) is 1. The van der Waals surface area contributed by atoms with E-state index in [0.717, 1.165) is 30.8 Å². The number of hydrogen-bond donors (Lipinski definition) is 1. The third-order valence-corrected chi connectivity index (χ3v) is 4.60. The molecule has 9 heteroatoms. The van der Waals surface area contributed by atoms with E-state index in [1.807, 2.05) is 12.1 Å². The smallest absolute Gasteiger partial charge is 0.225 e. The lowest BCUT2D eigenvalue weighted by Gasteiger charge is -2.32. The van der Waals surface area contributed by atoms with Gasteiger partial charge in [0.1, 0.15) is 18.5 Å². The molecule has 1 N–H and O–H groups in total. The van der Waals surface area contributed by atoms with Crippen LogP contribution in [0.2, 0.25) is 0 Å². The number of carbonyl (C=O) groups excluding carboxylic acids is 1. The van der Waals surface area contributed by atoms with Gasteiger partial charge in [0.05, 0.1) is 12.1 Å². The molecule has 1 fully saturated rings. The minimum absolute atomic E-state index is 0.0527. The highest BCUT2D eigenvalue weighted by Gasteiger charge is 2.26. The van der Waals surface area contributed by atoms with Crippen LogP contribution in [-0.2, 0) is 11.3 Å². The summed E-state index contributed by atoms with van der Waals surface area (Å²) in [6.45, 7) is 2.01. The van der Waals surface area contributed by atoms with Gasteiger partial charge in [0.25, 0.3) is 0 Å². The molecule has 0 unspecified atom stereocenters. The molecule has 0 spiro atoms. The highest BCUT2D eigenvalue weighted by atomic mass is 16.1. The Morgan fingerprint density at radius 2 is 2.11 bits per heavy atom. The van der Waals surface area contributed by atoms with Crippen molar-refractivity contribution in [2.45, 2.75) is 19.4 Å². The Balaban J connectivity index is 1.32. The minimum Gasteiger partial charge on any atom is -0.355 e. The van der Waals surface area contributed by atoms with Gasteiger partial charge < -0.3 is 10.2 Å². The van der Waals surface area contributed by atoms with E-state index >= 15 is 0 Å². The van der Waals surface area contributed by atoms with Crippen molar-refractivity contribution in [3.05, 3.63) is 55.1 Å². The Morgan fingerprint density at radius 1 is 1.15 bits per heavy atom. The van der Waals surface area contributed by atoms with Crippen molar-refractivity contribution >= 4 is 11.7 Å². The molecule has 138 valence electrons. The third kappa shape index (κ3) is 4.08. The average molecular weight is 364 g/mol. The molecule has 3 aromatic heterocycles. The predicted octanol–water partition coefficient (Wildman–Crippen LogP) is 0.985. The number of hydrogen-bond acceptors (Lipinski definition) is 7. The van der Waals surface area contributed by atoms with Crippen molar-refractivity contribution in [2.75, 3.05) is 18.0 Å². The molecule has 4 heterocycles. The molecule has 9 nitrogen and oxygen atoms in total. The molecule has 0 bridgehead atoms. The maximum atomic E-state index is 12.6. The van der Waals surface area contributed by atoms with E-state index in [1.165, 1.54) is 6.33 Å². The second-order valence-electron chi connectivity index (χ2n) is 6.43. The summed E-state index contributed by atoms with van der Waals surface area (Å²) >= 11 is 0. The molecule has 1 saturated heterocycles. The summed E-state index contributed by atoms with van der Waals surface area (Å²) in [7, 11) is 0. The van der Waals surface area contributed by atoms with Crippen LogP contribution in [0.5, 0.6) is 0 Å². The monoisotopic (exact) mass is 364 g/mol. The second kappa shape index (κ2) is 7.90. The van der Waals surface area contributed by atoms with Gasteiger partial charge in [-0.2, -0.15) is 5.10 Å². The zero-order valence-electron chi connectivity index (χ0n) is 14.8. The Kier molecular flexibility index (Phi) is 4.99. The number of rotatable bonds is 5. The van der Waals surface area contributed by atoms with E-state index in [9.17, 15) is 4.79 Å². The third-order valence-electron chi connectivity index (χ3n) is 4.60. The van der Waals surface area contributed by atoms with Gasteiger partial charge in [-0.15, -0.1) is 0 Å². The molecule has 1 aliphatic rings. The zero-order valence-corrected chi connectivity index (χ0v) is 14.8. The van der Waals surface area contributed by atoms with Crippen molar-refractivity contribution in [1.82, 2.24) is 35.0 Å². The molecule has 3 aromatic rings. The molecule has 27 heavy (non-hydrogen) atoms. The van der Waals surface area contributed by atoms with Crippen LogP contribution in [0.25, 0.3) is 5.82 Å². The van der Waals surface area contributed by atoms with Crippen LogP contribution in [-0.4, -0.2) is 48.7 Å². The first-order chi connectivity index (χ1) is 13.3. The number of nitrogens with zero attached hydrogens (tertiary/aromatic N) is 7. The average Bonchev–Trinajstić information content (AvgIpc) is 3.28. The normalized spacial score (nSPS) is 16.9. The van der Waals surface area contributed by atoms with Crippen LogP contribution >= 0.6 is 0 Å². The second-order valence-corrected chi connectivity index (χ2v) is 6.43. The first kappa shape index (κ1) is 17.1. The largest absolute Gasteiger partial charge is 0.355 e. The van der Waals surface area contributed by atoms with Gasteiger partial charge in [0.15, 0.2) is 5.82 Å². The summed E-state index contributed by atoms with van der Waals surface area (Å²) < 4.78 is 1.59. The minimum atomic E-state index is -0.0527.